The molecule has 7 nitrogen and oxygen atoms in total. The van der Waals surface area contributed by atoms with Gasteiger partial charge in [0.1, 0.15) is 4.90 Å². The molecule has 0 aliphatic carbocycles. The third-order valence-corrected chi connectivity index (χ3v) is 7.18. The van der Waals surface area contributed by atoms with Crippen molar-refractivity contribution in [1.29, 1.82) is 0 Å². The van der Waals surface area contributed by atoms with Crippen LogP contribution in [0.2, 0.25) is 0 Å². The van der Waals surface area contributed by atoms with Crippen LogP contribution in [0.4, 0.5) is 11.4 Å². The van der Waals surface area contributed by atoms with Crippen molar-refractivity contribution >= 4 is 32.1 Å². The lowest BCUT2D eigenvalue weighted by Crippen LogP contribution is -2.33. The molecule has 0 radical (unpaired) electrons. The number of aromatic nitrogens is 1. The predicted molar refractivity (Wildman–Crippen MR) is 118 cm³/mol. The number of aromatic amines is 1. The fraction of sp³-hybridized carbons (Fsp3) is 0.364. The van der Waals surface area contributed by atoms with Crippen molar-refractivity contribution in [3.63, 3.8) is 0 Å². The average molecular weight is 428 g/mol. The molecule has 1 aromatic heterocycles. The maximum Gasteiger partial charge on any atom is 0.288 e. The van der Waals surface area contributed by atoms with Gasteiger partial charge in [0.25, 0.3) is 5.69 Å². The molecule has 158 valence electrons. The maximum absolute atomic E-state index is 12.1. The van der Waals surface area contributed by atoms with Gasteiger partial charge in [-0.1, -0.05) is 25.1 Å². The number of para-hydroxylation sites is 1. The minimum atomic E-state index is -3.69. The highest BCUT2D eigenvalue weighted by molar-refractivity contribution is 7.90. The van der Waals surface area contributed by atoms with Crippen molar-refractivity contribution in [3.8, 4) is 0 Å². The highest BCUT2D eigenvalue weighted by Gasteiger charge is 2.27. The standard InChI is InChI=1S/C22H25N3O4S/c1-3-15-5-4-6-18-19(14-23-22(15)18)16-9-11-24(12-10-16)17-7-8-20(25(26)27)21(13-17)30(2,28)29/h4-8,13-14,16,23H,3,9-12H2,1-2H3. The summed E-state index contributed by atoms with van der Waals surface area (Å²) in [5.41, 5.74) is 4.20. The van der Waals surface area contributed by atoms with Crippen molar-refractivity contribution < 1.29 is 13.3 Å². The second kappa shape index (κ2) is 7.75. The summed E-state index contributed by atoms with van der Waals surface area (Å²) in [7, 11) is -3.69. The topological polar surface area (TPSA) is 96.3 Å². The summed E-state index contributed by atoms with van der Waals surface area (Å²) >= 11 is 0. The number of benzene rings is 2. The van der Waals surface area contributed by atoms with Gasteiger partial charge < -0.3 is 9.88 Å². The first-order valence-corrected chi connectivity index (χ1v) is 12.0. The number of nitrogens with zero attached hydrogens (tertiary/aromatic N) is 2. The first-order chi connectivity index (χ1) is 14.3. The lowest BCUT2D eigenvalue weighted by atomic mass is 9.88. The molecule has 3 aromatic rings. The molecule has 2 heterocycles. The lowest BCUT2D eigenvalue weighted by Gasteiger charge is -2.33. The number of hydrogen-bond acceptors (Lipinski definition) is 5. The second-order valence-electron chi connectivity index (χ2n) is 7.88. The molecule has 2 aromatic carbocycles. The van der Waals surface area contributed by atoms with Gasteiger partial charge in [0, 0.05) is 48.2 Å². The normalized spacial score (nSPS) is 15.6. The minimum absolute atomic E-state index is 0.226. The van der Waals surface area contributed by atoms with Crippen molar-refractivity contribution in [1.82, 2.24) is 4.98 Å². The van der Waals surface area contributed by atoms with Crippen LogP contribution in [-0.4, -0.2) is 37.7 Å². The van der Waals surface area contributed by atoms with E-state index in [9.17, 15) is 18.5 Å². The number of hydrogen-bond donors (Lipinski definition) is 1. The van der Waals surface area contributed by atoms with E-state index >= 15 is 0 Å². The van der Waals surface area contributed by atoms with Crippen LogP contribution in [0.15, 0.2) is 47.5 Å². The van der Waals surface area contributed by atoms with E-state index in [1.54, 1.807) is 6.07 Å². The Kier molecular flexibility index (Phi) is 5.27. The van der Waals surface area contributed by atoms with Crippen molar-refractivity contribution in [2.75, 3.05) is 24.2 Å². The molecule has 1 saturated heterocycles. The zero-order chi connectivity index (χ0) is 21.5. The molecule has 0 spiro atoms. The molecule has 1 aliphatic rings. The van der Waals surface area contributed by atoms with Gasteiger partial charge >= 0.3 is 0 Å². The summed E-state index contributed by atoms with van der Waals surface area (Å²) in [6.45, 7) is 3.69. The summed E-state index contributed by atoms with van der Waals surface area (Å²) < 4.78 is 24.1. The Balaban J connectivity index is 1.56. The second-order valence-corrected chi connectivity index (χ2v) is 9.86. The zero-order valence-electron chi connectivity index (χ0n) is 17.1. The van der Waals surface area contributed by atoms with Gasteiger partial charge in [-0.2, -0.15) is 0 Å². The minimum Gasteiger partial charge on any atom is -0.371 e. The van der Waals surface area contributed by atoms with E-state index in [1.165, 1.54) is 34.2 Å². The van der Waals surface area contributed by atoms with Crippen LogP contribution in [0.5, 0.6) is 0 Å². The largest absolute Gasteiger partial charge is 0.371 e. The van der Waals surface area contributed by atoms with Gasteiger partial charge in [-0.3, -0.25) is 10.1 Å². The zero-order valence-corrected chi connectivity index (χ0v) is 17.9. The Hall–Kier alpha value is -2.87. The molecule has 0 atom stereocenters. The number of aryl methyl sites for hydroxylation is 1. The van der Waals surface area contributed by atoms with Gasteiger partial charge in [-0.25, -0.2) is 8.42 Å². The molecular formula is C22H25N3O4S. The van der Waals surface area contributed by atoms with E-state index in [0.29, 0.717) is 11.6 Å². The molecule has 4 rings (SSSR count). The highest BCUT2D eigenvalue weighted by atomic mass is 32.2. The Bertz CT molecular complexity index is 1210. The molecule has 1 N–H and O–H groups in total. The first-order valence-electron chi connectivity index (χ1n) is 10.1. The molecule has 1 aliphatic heterocycles. The van der Waals surface area contributed by atoms with Crippen LogP contribution in [0, 0.1) is 10.1 Å². The number of anilines is 1. The average Bonchev–Trinajstić information content (AvgIpc) is 3.17. The monoisotopic (exact) mass is 427 g/mol. The van der Waals surface area contributed by atoms with Gasteiger partial charge in [-0.15, -0.1) is 0 Å². The van der Waals surface area contributed by atoms with Crippen LogP contribution < -0.4 is 4.90 Å². The fourth-order valence-corrected chi connectivity index (χ4v) is 5.32. The Morgan fingerprint density at radius 3 is 2.57 bits per heavy atom. The Morgan fingerprint density at radius 1 is 1.20 bits per heavy atom. The van der Waals surface area contributed by atoms with E-state index in [-0.39, 0.29) is 10.6 Å². The summed E-state index contributed by atoms with van der Waals surface area (Å²) in [6, 6.07) is 10.8. The van der Waals surface area contributed by atoms with Crippen molar-refractivity contribution in [3.05, 3.63) is 63.8 Å². The molecule has 0 bridgehead atoms. The molecule has 8 heteroatoms. The quantitative estimate of drug-likeness (QED) is 0.480. The van der Waals surface area contributed by atoms with E-state index in [2.05, 4.69) is 41.2 Å². The Morgan fingerprint density at radius 2 is 1.93 bits per heavy atom. The number of sulfone groups is 1. The van der Waals surface area contributed by atoms with Gasteiger partial charge in [0.2, 0.25) is 0 Å². The molecule has 1 fully saturated rings. The van der Waals surface area contributed by atoms with E-state index in [0.717, 1.165) is 38.6 Å². The SMILES string of the molecule is CCc1cccc2c(C3CCN(c4ccc([N+](=O)[O-])c(S(C)(=O)=O)c4)CC3)c[nH]c12. The number of piperidine rings is 1. The van der Waals surface area contributed by atoms with E-state index in [1.807, 2.05) is 0 Å². The molecule has 0 amide bonds. The maximum atomic E-state index is 12.1. The number of H-pyrrole nitrogens is 1. The summed E-state index contributed by atoms with van der Waals surface area (Å²) in [5, 5.41) is 12.5. The van der Waals surface area contributed by atoms with Crippen LogP contribution in [0.25, 0.3) is 10.9 Å². The van der Waals surface area contributed by atoms with Crippen LogP contribution in [0.3, 0.4) is 0 Å². The predicted octanol–water partition coefficient (Wildman–Crippen LogP) is 4.43. The first kappa shape index (κ1) is 20.4. The van der Waals surface area contributed by atoms with Crippen molar-refractivity contribution in [2.24, 2.45) is 0 Å². The molecule has 0 saturated carbocycles. The number of nitro benzene ring substituents is 1. The van der Waals surface area contributed by atoms with Crippen molar-refractivity contribution in [2.45, 2.75) is 37.0 Å². The number of nitro groups is 1. The third kappa shape index (κ3) is 3.67. The smallest absolute Gasteiger partial charge is 0.288 e. The van der Waals surface area contributed by atoms with Gasteiger partial charge in [-0.05, 0) is 48.4 Å². The number of nitrogens with one attached hydrogen (secondary N) is 1. The van der Waals surface area contributed by atoms with Gasteiger partial charge in [0.05, 0.1) is 4.92 Å². The number of fused-ring (bicyclic) bond motifs is 1. The summed E-state index contributed by atoms with van der Waals surface area (Å²) in [4.78, 5) is 15.9. The Labute approximate surface area is 175 Å². The molecule has 30 heavy (non-hydrogen) atoms. The summed E-state index contributed by atoms with van der Waals surface area (Å²) in [6.07, 6.45) is 5.99. The summed E-state index contributed by atoms with van der Waals surface area (Å²) in [5.74, 6) is 0.425. The van der Waals surface area contributed by atoms with E-state index < -0.39 is 14.8 Å². The molecular weight excluding hydrogens is 402 g/mol. The number of rotatable bonds is 5. The molecule has 0 unspecified atom stereocenters. The third-order valence-electron chi connectivity index (χ3n) is 6.05. The van der Waals surface area contributed by atoms with Crippen LogP contribution in [0.1, 0.15) is 36.8 Å². The van der Waals surface area contributed by atoms with Crippen LogP contribution >= 0.6 is 0 Å². The van der Waals surface area contributed by atoms with Crippen LogP contribution in [-0.2, 0) is 16.3 Å². The fourth-order valence-electron chi connectivity index (χ4n) is 4.47. The van der Waals surface area contributed by atoms with E-state index in [4.69, 9.17) is 0 Å². The lowest BCUT2D eigenvalue weighted by molar-refractivity contribution is -0.387. The highest BCUT2D eigenvalue weighted by Crippen LogP contribution is 2.36. The van der Waals surface area contributed by atoms with Gasteiger partial charge in [0.15, 0.2) is 9.84 Å².